The molecule has 3 atom stereocenters. The van der Waals surface area contributed by atoms with Gasteiger partial charge in [0, 0.05) is 5.92 Å². The van der Waals surface area contributed by atoms with E-state index in [1.54, 1.807) is 7.11 Å². The number of allylic oxidation sites excluding steroid dienone is 1. The van der Waals surface area contributed by atoms with Gasteiger partial charge in [0.1, 0.15) is 11.8 Å². The highest BCUT2D eigenvalue weighted by Gasteiger charge is 2.41. The van der Waals surface area contributed by atoms with Crippen LogP contribution >= 0.6 is 0 Å². The fourth-order valence-corrected chi connectivity index (χ4v) is 3.01. The number of rotatable bonds is 2. The van der Waals surface area contributed by atoms with Gasteiger partial charge in [-0.15, -0.1) is 0 Å². The Balaban J connectivity index is 2.10. The average molecular weight is 245 g/mol. The van der Waals surface area contributed by atoms with Gasteiger partial charge in [-0.1, -0.05) is 24.3 Å². The van der Waals surface area contributed by atoms with E-state index in [9.17, 15) is 9.90 Å². The maximum Gasteiger partial charge on any atom is 0.326 e. The number of carboxylic acids is 1. The predicted octanol–water partition coefficient (Wildman–Crippen LogP) is 2.23. The molecule has 0 aromatic heterocycles. The Morgan fingerprint density at radius 3 is 3.06 bits per heavy atom. The Morgan fingerprint density at radius 2 is 2.33 bits per heavy atom. The van der Waals surface area contributed by atoms with Crippen molar-refractivity contribution in [3.05, 3.63) is 35.9 Å². The quantitative estimate of drug-likeness (QED) is 0.784. The van der Waals surface area contributed by atoms with Crippen LogP contribution in [0.15, 0.2) is 30.4 Å². The van der Waals surface area contributed by atoms with Gasteiger partial charge in [0.15, 0.2) is 0 Å². The second-order valence-corrected chi connectivity index (χ2v) is 4.73. The van der Waals surface area contributed by atoms with Gasteiger partial charge in [-0.25, -0.2) is 4.79 Å². The molecule has 0 amide bonds. The van der Waals surface area contributed by atoms with Gasteiger partial charge >= 0.3 is 5.97 Å². The van der Waals surface area contributed by atoms with Crippen molar-refractivity contribution in [3.8, 4) is 5.75 Å². The van der Waals surface area contributed by atoms with E-state index in [-0.39, 0.29) is 11.8 Å². The Hall–Kier alpha value is -1.97. The summed E-state index contributed by atoms with van der Waals surface area (Å²) in [5, 5.41) is 12.4. The summed E-state index contributed by atoms with van der Waals surface area (Å²) in [5.41, 5.74) is 1.99. The van der Waals surface area contributed by atoms with Crippen LogP contribution in [0.25, 0.3) is 0 Å². The third-order valence-electron chi connectivity index (χ3n) is 3.84. The number of anilines is 1. The van der Waals surface area contributed by atoms with Crippen LogP contribution in [0.1, 0.15) is 17.9 Å². The monoisotopic (exact) mass is 245 g/mol. The third-order valence-corrected chi connectivity index (χ3v) is 3.84. The number of methoxy groups -OCH3 is 1. The molecule has 2 aliphatic rings. The lowest BCUT2D eigenvalue weighted by Crippen LogP contribution is -2.41. The van der Waals surface area contributed by atoms with Crippen molar-refractivity contribution in [2.45, 2.75) is 18.4 Å². The summed E-state index contributed by atoms with van der Waals surface area (Å²) in [6.07, 6.45) is 4.98. The van der Waals surface area contributed by atoms with Gasteiger partial charge in [-0.3, -0.25) is 0 Å². The molecule has 2 N–H and O–H groups in total. The molecule has 3 rings (SSSR count). The fraction of sp³-hybridized carbons (Fsp3) is 0.357. The summed E-state index contributed by atoms with van der Waals surface area (Å²) in [4.78, 5) is 11.4. The highest BCUT2D eigenvalue weighted by Crippen LogP contribution is 2.47. The molecule has 4 heteroatoms. The average Bonchev–Trinajstić information content (AvgIpc) is 2.86. The Bertz CT molecular complexity index is 524. The molecule has 0 bridgehead atoms. The number of fused-ring (bicyclic) bond motifs is 3. The summed E-state index contributed by atoms with van der Waals surface area (Å²) in [5.74, 6) is 0.178. The van der Waals surface area contributed by atoms with E-state index in [1.165, 1.54) is 0 Å². The molecule has 0 saturated heterocycles. The van der Waals surface area contributed by atoms with Crippen molar-refractivity contribution in [2.75, 3.05) is 12.4 Å². The van der Waals surface area contributed by atoms with Crippen LogP contribution in [0.3, 0.4) is 0 Å². The maximum absolute atomic E-state index is 11.4. The first-order chi connectivity index (χ1) is 8.72. The lowest BCUT2D eigenvalue weighted by atomic mass is 9.79. The first-order valence-corrected chi connectivity index (χ1v) is 6.05. The molecule has 3 unspecified atom stereocenters. The van der Waals surface area contributed by atoms with Crippen molar-refractivity contribution < 1.29 is 14.6 Å². The van der Waals surface area contributed by atoms with Crippen molar-refractivity contribution in [3.63, 3.8) is 0 Å². The minimum absolute atomic E-state index is 0.0297. The van der Waals surface area contributed by atoms with E-state index in [0.717, 1.165) is 17.7 Å². The van der Waals surface area contributed by atoms with Gasteiger partial charge in [0.05, 0.1) is 12.8 Å². The molecule has 18 heavy (non-hydrogen) atoms. The second-order valence-electron chi connectivity index (χ2n) is 4.73. The zero-order valence-electron chi connectivity index (χ0n) is 10.1. The number of hydrogen-bond acceptors (Lipinski definition) is 3. The van der Waals surface area contributed by atoms with E-state index in [1.807, 2.05) is 24.3 Å². The van der Waals surface area contributed by atoms with Crippen molar-refractivity contribution in [2.24, 2.45) is 5.92 Å². The molecule has 0 fully saturated rings. The topological polar surface area (TPSA) is 58.6 Å². The van der Waals surface area contributed by atoms with E-state index in [0.29, 0.717) is 5.75 Å². The molecule has 0 spiro atoms. The number of ether oxygens (including phenoxy) is 1. The van der Waals surface area contributed by atoms with Crippen LogP contribution in [-0.2, 0) is 4.79 Å². The zero-order chi connectivity index (χ0) is 12.7. The lowest BCUT2D eigenvalue weighted by molar-refractivity contribution is -0.139. The SMILES string of the molecule is COc1cccc2c1NC(C(=O)O)C1C=CCC21. The van der Waals surface area contributed by atoms with Gasteiger partial charge < -0.3 is 15.2 Å². The van der Waals surface area contributed by atoms with Crippen LogP contribution in [0.5, 0.6) is 5.75 Å². The third kappa shape index (κ3) is 1.49. The van der Waals surface area contributed by atoms with E-state index in [4.69, 9.17) is 4.74 Å². The first kappa shape index (κ1) is 11.1. The molecule has 0 saturated carbocycles. The lowest BCUT2D eigenvalue weighted by Gasteiger charge is -2.35. The molecule has 94 valence electrons. The standard InChI is InChI=1S/C14H15NO3/c1-18-11-7-3-6-9-8-4-2-5-10(8)13(14(16)17)15-12(9)11/h2-3,5-8,10,13,15H,4H2,1H3,(H,16,17). The Labute approximate surface area is 105 Å². The maximum atomic E-state index is 11.4. The van der Waals surface area contributed by atoms with Gasteiger partial charge in [0.2, 0.25) is 0 Å². The minimum atomic E-state index is -0.812. The smallest absolute Gasteiger partial charge is 0.326 e. The van der Waals surface area contributed by atoms with Gasteiger partial charge in [-0.2, -0.15) is 0 Å². The number of benzene rings is 1. The molecule has 1 aliphatic carbocycles. The normalized spacial score (nSPS) is 28.2. The van der Waals surface area contributed by atoms with E-state index in [2.05, 4.69) is 11.4 Å². The van der Waals surface area contributed by atoms with Crippen molar-refractivity contribution in [1.82, 2.24) is 0 Å². The van der Waals surface area contributed by atoms with Gasteiger partial charge in [-0.05, 0) is 24.0 Å². The number of hydrogen-bond donors (Lipinski definition) is 2. The molecular weight excluding hydrogens is 230 g/mol. The van der Waals surface area contributed by atoms with Crippen LogP contribution in [0, 0.1) is 5.92 Å². The second kappa shape index (κ2) is 4.05. The molecule has 1 aromatic rings. The molecule has 1 aliphatic heterocycles. The summed E-state index contributed by atoms with van der Waals surface area (Å²) >= 11 is 0. The number of nitrogens with one attached hydrogen (secondary N) is 1. The molecule has 4 nitrogen and oxygen atoms in total. The molecule has 1 heterocycles. The Kier molecular flexibility index (Phi) is 2.51. The highest BCUT2D eigenvalue weighted by atomic mass is 16.5. The van der Waals surface area contributed by atoms with Crippen LogP contribution in [0.2, 0.25) is 0 Å². The van der Waals surface area contributed by atoms with E-state index < -0.39 is 12.0 Å². The van der Waals surface area contributed by atoms with Crippen molar-refractivity contribution in [1.29, 1.82) is 0 Å². The number of carbonyl (C=O) groups is 1. The van der Waals surface area contributed by atoms with Crippen LogP contribution in [-0.4, -0.2) is 24.2 Å². The van der Waals surface area contributed by atoms with Crippen molar-refractivity contribution >= 4 is 11.7 Å². The van der Waals surface area contributed by atoms with E-state index >= 15 is 0 Å². The molecule has 0 radical (unpaired) electrons. The predicted molar refractivity (Wildman–Crippen MR) is 68.0 cm³/mol. The Morgan fingerprint density at radius 1 is 1.50 bits per heavy atom. The summed E-state index contributed by atoms with van der Waals surface area (Å²) in [6.45, 7) is 0. The van der Waals surface area contributed by atoms with Gasteiger partial charge in [0.25, 0.3) is 0 Å². The minimum Gasteiger partial charge on any atom is -0.495 e. The highest BCUT2D eigenvalue weighted by molar-refractivity contribution is 5.82. The summed E-state index contributed by atoms with van der Waals surface area (Å²) in [7, 11) is 1.60. The number of carboxylic acid groups (broad SMARTS) is 1. The largest absolute Gasteiger partial charge is 0.495 e. The first-order valence-electron chi connectivity index (χ1n) is 6.05. The number of aliphatic carboxylic acids is 1. The van der Waals surface area contributed by atoms with Crippen LogP contribution in [0.4, 0.5) is 5.69 Å². The fourth-order valence-electron chi connectivity index (χ4n) is 3.01. The molecule has 1 aromatic carbocycles. The molecular formula is C14H15NO3. The summed E-state index contributed by atoms with van der Waals surface area (Å²) in [6, 6.07) is 5.29. The number of para-hydroxylation sites is 1. The van der Waals surface area contributed by atoms with Crippen LogP contribution < -0.4 is 10.1 Å². The summed E-state index contributed by atoms with van der Waals surface area (Å²) < 4.78 is 5.31. The zero-order valence-corrected chi connectivity index (χ0v) is 10.1.